The van der Waals surface area contributed by atoms with Crippen LogP contribution in [0.1, 0.15) is 97.8 Å². The molecule has 2 aromatic heterocycles. The van der Waals surface area contributed by atoms with Gasteiger partial charge in [-0.15, -0.1) is 0 Å². The Morgan fingerprint density at radius 3 is 1.30 bits per heavy atom. The molecule has 2 heterocycles. The van der Waals surface area contributed by atoms with E-state index in [1.807, 2.05) is 0 Å². The molecule has 2 aliphatic carbocycles. The molecule has 6 rings (SSSR count). The molecule has 2 atom stereocenters. The third-order valence-corrected chi connectivity index (χ3v) is 9.13. The molecule has 0 saturated heterocycles. The van der Waals surface area contributed by atoms with E-state index in [0.29, 0.717) is 24.0 Å². The van der Waals surface area contributed by atoms with Gasteiger partial charge in [-0.25, -0.2) is 0 Å². The van der Waals surface area contributed by atoms with Crippen LogP contribution < -0.4 is 10.6 Å². The Morgan fingerprint density at radius 2 is 0.980 bits per heavy atom. The smallest absolute Gasteiger partial charge is 0.349 e. The fourth-order valence-corrected chi connectivity index (χ4v) is 6.51. The van der Waals surface area contributed by atoms with Crippen molar-refractivity contribution >= 4 is 11.8 Å². The number of rotatable bonds is 6. The number of pyridine rings is 2. The molecule has 2 aliphatic rings. The van der Waals surface area contributed by atoms with Crippen molar-refractivity contribution in [2.24, 2.45) is 0 Å². The van der Waals surface area contributed by atoms with Gasteiger partial charge in [-0.1, -0.05) is 38.1 Å². The van der Waals surface area contributed by atoms with Crippen molar-refractivity contribution in [2.75, 3.05) is 0 Å². The average molecular weight is 697 g/mol. The quantitative estimate of drug-likeness (QED) is 0.197. The number of aromatic nitrogens is 2. The van der Waals surface area contributed by atoms with Crippen LogP contribution in [0.15, 0.2) is 73.3 Å². The maximum atomic E-state index is 12.7. The van der Waals surface area contributed by atoms with Crippen molar-refractivity contribution in [3.05, 3.63) is 107 Å². The normalized spacial score (nSPS) is 17.0. The summed E-state index contributed by atoms with van der Waals surface area (Å²) in [5.41, 5.74) is 5.80. The van der Waals surface area contributed by atoms with Crippen molar-refractivity contribution in [1.82, 2.24) is 20.6 Å². The molecule has 2 N–H and O–H groups in total. The molecule has 0 fully saturated rings. The molecule has 264 valence electrons. The van der Waals surface area contributed by atoms with Crippen LogP contribution in [0, 0.1) is 0 Å². The van der Waals surface area contributed by atoms with Gasteiger partial charge in [0.1, 0.15) is 0 Å². The van der Waals surface area contributed by atoms with Crippen molar-refractivity contribution in [1.29, 1.82) is 0 Å². The largest absolute Gasteiger partial charge is 0.416 e. The monoisotopic (exact) mass is 696 g/mol. The number of carbonyl (C=O) groups is 2. The lowest BCUT2D eigenvalue weighted by atomic mass is 9.84. The summed E-state index contributed by atoms with van der Waals surface area (Å²) >= 11 is 0. The number of amides is 2. The van der Waals surface area contributed by atoms with Gasteiger partial charge in [-0.2, -0.15) is 26.3 Å². The van der Waals surface area contributed by atoms with Gasteiger partial charge in [0, 0.05) is 48.8 Å². The first-order chi connectivity index (χ1) is 23.8. The Hall–Kier alpha value is -4.74. The fourth-order valence-electron chi connectivity index (χ4n) is 6.51. The van der Waals surface area contributed by atoms with E-state index < -0.39 is 23.5 Å². The fraction of sp³-hybridized carbons (Fsp3) is 0.368. The van der Waals surface area contributed by atoms with E-state index in [1.165, 1.54) is 24.3 Å². The maximum Gasteiger partial charge on any atom is 0.416 e. The molecule has 12 heteroatoms. The molecule has 50 heavy (non-hydrogen) atoms. The van der Waals surface area contributed by atoms with Gasteiger partial charge in [0.05, 0.1) is 23.2 Å². The van der Waals surface area contributed by atoms with Crippen LogP contribution in [0.2, 0.25) is 0 Å². The number of benzene rings is 2. The van der Waals surface area contributed by atoms with Crippen LogP contribution in [0.3, 0.4) is 0 Å². The van der Waals surface area contributed by atoms with Gasteiger partial charge in [0.25, 0.3) is 0 Å². The van der Waals surface area contributed by atoms with Gasteiger partial charge >= 0.3 is 12.4 Å². The lowest BCUT2D eigenvalue weighted by Crippen LogP contribution is -2.30. The van der Waals surface area contributed by atoms with Crippen LogP contribution in [-0.2, 0) is 34.8 Å². The molecule has 2 amide bonds. The van der Waals surface area contributed by atoms with Gasteiger partial charge in [0.2, 0.25) is 11.8 Å². The summed E-state index contributed by atoms with van der Waals surface area (Å²) in [5, 5.41) is 6.01. The summed E-state index contributed by atoms with van der Waals surface area (Å²) in [7, 11) is 0. The third-order valence-electron chi connectivity index (χ3n) is 9.13. The summed E-state index contributed by atoms with van der Waals surface area (Å²) in [6, 6.07) is 10.1. The number of halogens is 6. The minimum atomic E-state index is -4.34. The first-order valence-electron chi connectivity index (χ1n) is 16.7. The molecular formula is C38H38F6N4O2. The number of carbonyl (C=O) groups excluding carboxylic acids is 2. The Labute approximate surface area is 286 Å². The van der Waals surface area contributed by atoms with Crippen LogP contribution in [0.5, 0.6) is 0 Å². The van der Waals surface area contributed by atoms with E-state index in [4.69, 9.17) is 0 Å². The topological polar surface area (TPSA) is 84.0 Å². The highest BCUT2D eigenvalue weighted by molar-refractivity contribution is 5.77. The number of fused-ring (bicyclic) bond motifs is 2. The van der Waals surface area contributed by atoms with E-state index >= 15 is 0 Å². The first-order valence-corrected chi connectivity index (χ1v) is 16.7. The summed E-state index contributed by atoms with van der Waals surface area (Å²) in [5.74, 6) is -0.0319. The SMILES string of the molecule is CCC(=O)NC1CCCc2c(-c3ccc(C(F)(F)F)cc3)cncc21.CCC(=O)NC1CCCc2c(-c3ccc(C(F)(F)F)cc3)cncc21. The van der Waals surface area contributed by atoms with Crippen molar-refractivity contribution in [2.45, 2.75) is 89.7 Å². The molecule has 0 spiro atoms. The molecule has 0 radical (unpaired) electrons. The second-order valence-corrected chi connectivity index (χ2v) is 12.4. The molecule has 0 bridgehead atoms. The summed E-state index contributed by atoms with van der Waals surface area (Å²) in [4.78, 5) is 32.0. The molecule has 4 aromatic rings. The highest BCUT2D eigenvalue weighted by atomic mass is 19.4. The van der Waals surface area contributed by atoms with Gasteiger partial charge in [-0.3, -0.25) is 19.6 Å². The lowest BCUT2D eigenvalue weighted by molar-refractivity contribution is -0.138. The molecule has 0 aliphatic heterocycles. The number of hydrogen-bond donors (Lipinski definition) is 2. The average Bonchev–Trinajstić information content (AvgIpc) is 3.11. The van der Waals surface area contributed by atoms with Gasteiger partial charge < -0.3 is 10.6 Å². The molecular weight excluding hydrogens is 658 g/mol. The lowest BCUT2D eigenvalue weighted by Gasteiger charge is -2.27. The predicted octanol–water partition coefficient (Wildman–Crippen LogP) is 9.34. The number of hydrogen-bond acceptors (Lipinski definition) is 4. The zero-order valence-electron chi connectivity index (χ0n) is 27.7. The van der Waals surface area contributed by atoms with Crippen LogP contribution in [-0.4, -0.2) is 21.8 Å². The Kier molecular flexibility index (Phi) is 11.3. The maximum absolute atomic E-state index is 12.7. The van der Waals surface area contributed by atoms with Gasteiger partial charge in [0.15, 0.2) is 0 Å². The van der Waals surface area contributed by atoms with Crippen LogP contribution in [0.25, 0.3) is 22.3 Å². The van der Waals surface area contributed by atoms with Crippen molar-refractivity contribution in [3.63, 3.8) is 0 Å². The van der Waals surface area contributed by atoms with E-state index in [-0.39, 0.29) is 23.9 Å². The molecule has 2 aromatic carbocycles. The minimum absolute atomic E-state index is 0.0159. The Bertz CT molecular complexity index is 1670. The third kappa shape index (κ3) is 8.51. The van der Waals surface area contributed by atoms with Crippen LogP contribution in [0.4, 0.5) is 26.3 Å². The highest BCUT2D eigenvalue weighted by Crippen LogP contribution is 2.39. The Morgan fingerprint density at radius 1 is 0.620 bits per heavy atom. The van der Waals surface area contributed by atoms with Gasteiger partial charge in [-0.05, 0) is 96.2 Å². The number of alkyl halides is 6. The number of nitrogens with one attached hydrogen (secondary N) is 2. The number of nitrogens with zero attached hydrogens (tertiary/aromatic N) is 2. The summed E-state index contributed by atoms with van der Waals surface area (Å²) < 4.78 is 76.5. The standard InChI is InChI=1S/2C19H19F3N2O/c2*1-2-18(25)24-17-5-3-4-14-15(10-23-11-16(14)17)12-6-8-13(9-7-12)19(20,21)22/h2*6-11,17H,2-5H2,1H3,(H,24,25). The van der Waals surface area contributed by atoms with Crippen LogP contribution >= 0.6 is 0 Å². The predicted molar refractivity (Wildman–Crippen MR) is 178 cm³/mol. The van der Waals surface area contributed by atoms with Crippen molar-refractivity contribution < 1.29 is 35.9 Å². The summed E-state index contributed by atoms with van der Waals surface area (Å²) in [6.45, 7) is 3.60. The summed E-state index contributed by atoms with van der Waals surface area (Å²) in [6.07, 6.45) is 4.19. The van der Waals surface area contributed by atoms with E-state index in [0.717, 1.165) is 96.2 Å². The highest BCUT2D eigenvalue weighted by Gasteiger charge is 2.32. The molecule has 2 unspecified atom stereocenters. The Balaban J connectivity index is 0.000000194. The second-order valence-electron chi connectivity index (χ2n) is 12.4. The van der Waals surface area contributed by atoms with E-state index in [1.54, 1.807) is 38.6 Å². The zero-order chi connectivity index (χ0) is 36.1. The molecule has 0 saturated carbocycles. The second kappa shape index (κ2) is 15.4. The first kappa shape index (κ1) is 36.5. The van der Waals surface area contributed by atoms with E-state index in [9.17, 15) is 35.9 Å². The van der Waals surface area contributed by atoms with Crippen molar-refractivity contribution in [3.8, 4) is 22.3 Å². The zero-order valence-corrected chi connectivity index (χ0v) is 27.7. The van der Waals surface area contributed by atoms with E-state index in [2.05, 4.69) is 20.6 Å². The molecule has 6 nitrogen and oxygen atoms in total. The minimum Gasteiger partial charge on any atom is -0.349 e.